The van der Waals surface area contributed by atoms with Crippen molar-refractivity contribution in [1.29, 1.82) is 5.26 Å². The van der Waals surface area contributed by atoms with Crippen LogP contribution in [-0.2, 0) is 17.6 Å². The van der Waals surface area contributed by atoms with Crippen molar-refractivity contribution in [2.24, 2.45) is 5.92 Å². The lowest BCUT2D eigenvalue weighted by Crippen LogP contribution is -2.23. The zero-order valence-electron chi connectivity index (χ0n) is 14.3. The molecule has 1 N–H and O–H groups in total. The molecule has 1 aliphatic carbocycles. The molecule has 0 bridgehead atoms. The summed E-state index contributed by atoms with van der Waals surface area (Å²) in [7, 11) is 0. The number of nitrogens with zero attached hydrogens (tertiary/aromatic N) is 3. The molecule has 2 unspecified atom stereocenters. The Balaban J connectivity index is 1.75. The van der Waals surface area contributed by atoms with E-state index < -0.39 is 0 Å². The third-order valence-electron chi connectivity index (χ3n) is 4.31. The third-order valence-corrected chi connectivity index (χ3v) is 5.41. The Morgan fingerprint density at radius 3 is 3.08 bits per heavy atom. The molecular weight excluding hydrogens is 332 g/mol. The van der Waals surface area contributed by atoms with Gasteiger partial charge in [0.15, 0.2) is 0 Å². The van der Waals surface area contributed by atoms with E-state index in [0.717, 1.165) is 25.0 Å². The molecule has 0 fully saturated rings. The van der Waals surface area contributed by atoms with E-state index in [1.54, 1.807) is 24.5 Å². The lowest BCUT2D eigenvalue weighted by molar-refractivity contribution is -0.115. The fraction of sp³-hybridized carbons (Fsp3) is 0.368. The lowest BCUT2D eigenvalue weighted by Gasteiger charge is -2.22. The molecule has 1 amide bonds. The zero-order chi connectivity index (χ0) is 17.8. The number of aryl methyl sites for hydroxylation is 1. The molecule has 1 aliphatic rings. The van der Waals surface area contributed by atoms with E-state index in [0.29, 0.717) is 22.2 Å². The molecule has 0 aromatic carbocycles. The van der Waals surface area contributed by atoms with Gasteiger partial charge in [0.25, 0.3) is 0 Å². The maximum absolute atomic E-state index is 12.4. The number of amides is 1. The number of aromatic nitrogens is 2. The molecular formula is C19H20N4OS. The van der Waals surface area contributed by atoms with Crippen molar-refractivity contribution in [1.82, 2.24) is 9.97 Å². The number of nitriles is 1. The molecule has 0 saturated heterocycles. The largest absolute Gasteiger partial charge is 0.324 e. The Hall–Kier alpha value is -2.39. The van der Waals surface area contributed by atoms with Crippen LogP contribution in [0, 0.1) is 17.2 Å². The number of hydrogen-bond acceptors (Lipinski definition) is 5. The number of hydrogen-bond donors (Lipinski definition) is 1. The van der Waals surface area contributed by atoms with Crippen LogP contribution in [0.2, 0.25) is 0 Å². The van der Waals surface area contributed by atoms with Crippen molar-refractivity contribution in [3.8, 4) is 6.07 Å². The summed E-state index contributed by atoms with van der Waals surface area (Å²) in [6, 6.07) is 7.74. The summed E-state index contributed by atoms with van der Waals surface area (Å²) in [6.45, 7) is 4.04. The van der Waals surface area contributed by atoms with Gasteiger partial charge in [-0.3, -0.25) is 9.78 Å². The van der Waals surface area contributed by atoms with Gasteiger partial charge in [-0.25, -0.2) is 4.98 Å². The summed E-state index contributed by atoms with van der Waals surface area (Å²) in [5, 5.41) is 12.6. The first kappa shape index (κ1) is 17.4. The topological polar surface area (TPSA) is 78.7 Å². The number of nitrogens with one attached hydrogen (secondary N) is 1. The van der Waals surface area contributed by atoms with Crippen molar-refractivity contribution in [2.75, 3.05) is 5.32 Å². The molecule has 3 rings (SSSR count). The Labute approximate surface area is 151 Å². The van der Waals surface area contributed by atoms with Crippen LogP contribution in [0.4, 0.5) is 5.69 Å². The predicted octanol–water partition coefficient (Wildman–Crippen LogP) is 3.59. The Bertz CT molecular complexity index is 816. The molecule has 6 heteroatoms. The highest BCUT2D eigenvalue weighted by atomic mass is 32.2. The molecule has 25 heavy (non-hydrogen) atoms. The number of anilines is 1. The highest BCUT2D eigenvalue weighted by molar-refractivity contribution is 8.00. The molecule has 2 heterocycles. The van der Waals surface area contributed by atoms with E-state index in [9.17, 15) is 10.1 Å². The van der Waals surface area contributed by atoms with Crippen LogP contribution in [0.25, 0.3) is 0 Å². The Kier molecular flexibility index (Phi) is 5.34. The molecule has 128 valence electrons. The Morgan fingerprint density at radius 2 is 2.36 bits per heavy atom. The second-order valence-corrected chi connectivity index (χ2v) is 7.73. The quantitative estimate of drug-likeness (QED) is 0.851. The van der Waals surface area contributed by atoms with E-state index in [1.807, 2.05) is 13.0 Å². The second-order valence-electron chi connectivity index (χ2n) is 6.40. The minimum atomic E-state index is -0.361. The van der Waals surface area contributed by atoms with E-state index in [1.165, 1.54) is 17.3 Å². The summed E-state index contributed by atoms with van der Waals surface area (Å²) < 4.78 is 0. The fourth-order valence-electron chi connectivity index (χ4n) is 2.90. The zero-order valence-corrected chi connectivity index (χ0v) is 15.1. The molecule has 0 radical (unpaired) electrons. The van der Waals surface area contributed by atoms with Crippen LogP contribution in [0.1, 0.15) is 37.1 Å². The average Bonchev–Trinajstić information content (AvgIpc) is 2.62. The number of rotatable bonds is 4. The normalized spacial score (nSPS) is 17.2. The molecule has 2 atom stereocenters. The molecule has 2 aromatic heterocycles. The SMILES string of the molecule is CC1CCc2nc(SC(C)C(=O)Nc3cccnc3)c(C#N)cc2C1. The van der Waals surface area contributed by atoms with Crippen LogP contribution >= 0.6 is 11.8 Å². The van der Waals surface area contributed by atoms with Crippen LogP contribution in [0.15, 0.2) is 35.6 Å². The minimum absolute atomic E-state index is 0.130. The van der Waals surface area contributed by atoms with Gasteiger partial charge in [-0.15, -0.1) is 0 Å². The van der Waals surface area contributed by atoms with Gasteiger partial charge in [-0.2, -0.15) is 5.26 Å². The smallest absolute Gasteiger partial charge is 0.237 e. The van der Waals surface area contributed by atoms with Gasteiger partial charge in [-0.05, 0) is 55.9 Å². The molecule has 0 saturated carbocycles. The minimum Gasteiger partial charge on any atom is -0.324 e. The maximum Gasteiger partial charge on any atom is 0.237 e. The van der Waals surface area contributed by atoms with Gasteiger partial charge in [0.2, 0.25) is 5.91 Å². The number of thioether (sulfide) groups is 1. The molecule has 2 aromatic rings. The van der Waals surface area contributed by atoms with Gasteiger partial charge in [-0.1, -0.05) is 18.7 Å². The summed E-state index contributed by atoms with van der Waals surface area (Å²) in [5.74, 6) is 0.499. The van der Waals surface area contributed by atoms with E-state index in [2.05, 4.69) is 23.3 Å². The van der Waals surface area contributed by atoms with E-state index >= 15 is 0 Å². The van der Waals surface area contributed by atoms with Crippen molar-refractivity contribution in [2.45, 2.75) is 43.4 Å². The van der Waals surface area contributed by atoms with Gasteiger partial charge in [0.05, 0.1) is 22.7 Å². The predicted molar refractivity (Wildman–Crippen MR) is 98.3 cm³/mol. The Morgan fingerprint density at radius 1 is 1.52 bits per heavy atom. The van der Waals surface area contributed by atoms with E-state index in [-0.39, 0.29) is 11.2 Å². The first-order chi connectivity index (χ1) is 12.1. The van der Waals surface area contributed by atoms with Crippen molar-refractivity contribution in [3.05, 3.63) is 47.4 Å². The standard InChI is InChI=1S/C19H20N4OS/c1-12-5-6-17-14(8-12)9-15(10-20)19(23-17)25-13(2)18(24)22-16-4-3-7-21-11-16/h3-4,7,9,11-13H,5-6,8H2,1-2H3,(H,22,24). The third kappa shape index (κ3) is 4.18. The van der Waals surface area contributed by atoms with Crippen LogP contribution < -0.4 is 5.32 Å². The van der Waals surface area contributed by atoms with Gasteiger partial charge in [0, 0.05) is 11.9 Å². The number of pyridine rings is 2. The van der Waals surface area contributed by atoms with Crippen molar-refractivity contribution < 1.29 is 4.79 Å². The monoisotopic (exact) mass is 352 g/mol. The van der Waals surface area contributed by atoms with Crippen LogP contribution in [0.5, 0.6) is 0 Å². The summed E-state index contributed by atoms with van der Waals surface area (Å²) in [6.07, 6.45) is 6.29. The summed E-state index contributed by atoms with van der Waals surface area (Å²) in [4.78, 5) is 21.1. The van der Waals surface area contributed by atoms with Gasteiger partial charge < -0.3 is 5.32 Å². The van der Waals surface area contributed by atoms with Crippen molar-refractivity contribution in [3.63, 3.8) is 0 Å². The first-order valence-electron chi connectivity index (χ1n) is 8.37. The summed E-state index contributed by atoms with van der Waals surface area (Å²) >= 11 is 1.33. The second kappa shape index (κ2) is 7.66. The highest BCUT2D eigenvalue weighted by Gasteiger charge is 2.22. The van der Waals surface area contributed by atoms with Gasteiger partial charge >= 0.3 is 0 Å². The number of carbonyl (C=O) groups excluding carboxylic acids is 1. The highest BCUT2D eigenvalue weighted by Crippen LogP contribution is 2.31. The molecule has 0 aliphatic heterocycles. The van der Waals surface area contributed by atoms with E-state index in [4.69, 9.17) is 4.98 Å². The average molecular weight is 352 g/mol. The fourth-order valence-corrected chi connectivity index (χ4v) is 3.79. The van der Waals surface area contributed by atoms with Crippen molar-refractivity contribution >= 4 is 23.4 Å². The van der Waals surface area contributed by atoms with Crippen LogP contribution in [-0.4, -0.2) is 21.1 Å². The van der Waals surface area contributed by atoms with Gasteiger partial charge in [0.1, 0.15) is 11.1 Å². The number of carbonyl (C=O) groups is 1. The molecule has 5 nitrogen and oxygen atoms in total. The summed E-state index contributed by atoms with van der Waals surface area (Å²) in [5.41, 5.74) is 3.46. The maximum atomic E-state index is 12.4. The lowest BCUT2D eigenvalue weighted by atomic mass is 9.87. The van der Waals surface area contributed by atoms with Crippen LogP contribution in [0.3, 0.4) is 0 Å². The molecule has 0 spiro atoms. The number of fused-ring (bicyclic) bond motifs is 1. The first-order valence-corrected chi connectivity index (χ1v) is 9.25.